The van der Waals surface area contributed by atoms with Gasteiger partial charge in [0.2, 0.25) is 0 Å². The van der Waals surface area contributed by atoms with Gasteiger partial charge in [0, 0.05) is 15.7 Å². The van der Waals surface area contributed by atoms with Gasteiger partial charge in [-0.15, -0.1) is 0 Å². The molecule has 0 heterocycles. The fourth-order valence-corrected chi connectivity index (χ4v) is 1.53. The number of rotatable bonds is 2. The minimum absolute atomic E-state index is 0.150. The summed E-state index contributed by atoms with van der Waals surface area (Å²) in [6.45, 7) is 0. The number of amides is 1. The van der Waals surface area contributed by atoms with Gasteiger partial charge in [-0.1, -0.05) is 34.1 Å². The number of nitrogens with one attached hydrogen (secondary N) is 1. The van der Waals surface area contributed by atoms with Crippen LogP contribution in [0.5, 0.6) is 0 Å². The molecule has 3 heteroatoms. The van der Waals surface area contributed by atoms with Crippen molar-refractivity contribution in [3.8, 4) is 0 Å². The highest BCUT2D eigenvalue weighted by Gasteiger charge is 2.04. The molecule has 0 fully saturated rings. The van der Waals surface area contributed by atoms with Crippen LogP contribution in [-0.4, -0.2) is 5.91 Å². The third-order valence-corrected chi connectivity index (χ3v) is 2.58. The number of hydrogen-bond acceptors (Lipinski definition) is 1. The lowest BCUT2D eigenvalue weighted by Gasteiger charge is -2.04. The van der Waals surface area contributed by atoms with Gasteiger partial charge in [-0.25, -0.2) is 0 Å². The highest BCUT2D eigenvalue weighted by atomic mass is 79.9. The molecule has 79 valence electrons. The van der Waals surface area contributed by atoms with Crippen LogP contribution in [0.3, 0.4) is 0 Å². The van der Waals surface area contributed by atoms with Crippen molar-refractivity contribution in [3.05, 3.63) is 64.6 Å². The maximum absolute atomic E-state index is 11.7. The van der Waals surface area contributed by atoms with Gasteiger partial charge in [-0.3, -0.25) is 4.79 Å². The van der Waals surface area contributed by atoms with Crippen LogP contribution >= 0.6 is 15.9 Å². The van der Waals surface area contributed by atoms with Crippen molar-refractivity contribution in [1.29, 1.82) is 0 Å². The van der Waals surface area contributed by atoms with E-state index in [9.17, 15) is 4.79 Å². The average Bonchev–Trinajstić information content (AvgIpc) is 2.33. The van der Waals surface area contributed by atoms with Gasteiger partial charge < -0.3 is 5.32 Å². The summed E-state index contributed by atoms with van der Waals surface area (Å²) in [4.78, 5) is 11.7. The van der Waals surface area contributed by atoms with Gasteiger partial charge in [0.15, 0.2) is 0 Å². The summed E-state index contributed by atoms with van der Waals surface area (Å²) < 4.78 is 0.983. The van der Waals surface area contributed by atoms with Gasteiger partial charge in [-0.05, 0) is 36.4 Å². The van der Waals surface area contributed by atoms with Crippen molar-refractivity contribution in [2.45, 2.75) is 0 Å². The minimum atomic E-state index is -0.150. The Morgan fingerprint density at radius 2 is 1.88 bits per heavy atom. The first kappa shape index (κ1) is 10.9. The smallest absolute Gasteiger partial charge is 0.256 e. The largest absolute Gasteiger partial charge is 0.322 e. The molecule has 0 spiro atoms. The van der Waals surface area contributed by atoms with E-state index in [0.717, 1.165) is 10.2 Å². The maximum atomic E-state index is 11.7. The summed E-state index contributed by atoms with van der Waals surface area (Å²) >= 11 is 3.34. The summed E-state index contributed by atoms with van der Waals surface area (Å²) in [5.74, 6) is -0.150. The number of carbonyl (C=O) groups is 1. The van der Waals surface area contributed by atoms with Crippen LogP contribution in [0.15, 0.2) is 53.0 Å². The first-order valence-corrected chi connectivity index (χ1v) is 5.58. The first-order chi connectivity index (χ1) is 7.75. The van der Waals surface area contributed by atoms with Crippen molar-refractivity contribution in [3.63, 3.8) is 0 Å². The van der Waals surface area contributed by atoms with E-state index >= 15 is 0 Å². The maximum Gasteiger partial charge on any atom is 0.256 e. The molecule has 0 bridgehead atoms. The molecule has 0 saturated carbocycles. The Kier molecular flexibility index (Phi) is 3.37. The zero-order chi connectivity index (χ0) is 11.4. The van der Waals surface area contributed by atoms with Crippen LogP contribution < -0.4 is 5.32 Å². The molecule has 1 amide bonds. The van der Waals surface area contributed by atoms with Crippen LogP contribution in [0.4, 0.5) is 5.69 Å². The second-order valence-electron chi connectivity index (χ2n) is 3.24. The van der Waals surface area contributed by atoms with Gasteiger partial charge in [0.05, 0.1) is 0 Å². The SMILES string of the molecule is O=C(Nc1ccc(Br)cc1)c1[c]cccc1. The number of carbonyl (C=O) groups excluding carboxylic acids is 1. The second kappa shape index (κ2) is 4.94. The Morgan fingerprint density at radius 1 is 1.12 bits per heavy atom. The Labute approximate surface area is 102 Å². The fraction of sp³-hybridized carbons (Fsp3) is 0. The number of hydrogen-bond donors (Lipinski definition) is 1. The van der Waals surface area contributed by atoms with Crippen LogP contribution in [0.25, 0.3) is 0 Å². The molecule has 0 aliphatic rings. The van der Waals surface area contributed by atoms with E-state index in [0.29, 0.717) is 5.56 Å². The molecule has 0 atom stereocenters. The highest BCUT2D eigenvalue weighted by Crippen LogP contribution is 2.14. The van der Waals surface area contributed by atoms with Crippen LogP contribution in [0.2, 0.25) is 0 Å². The Balaban J connectivity index is 2.11. The zero-order valence-electron chi connectivity index (χ0n) is 8.41. The molecule has 0 unspecified atom stereocenters. The van der Waals surface area contributed by atoms with Crippen molar-refractivity contribution in [1.82, 2.24) is 0 Å². The summed E-state index contributed by atoms with van der Waals surface area (Å²) in [5.41, 5.74) is 1.30. The van der Waals surface area contributed by atoms with E-state index in [1.54, 1.807) is 12.1 Å². The molecule has 1 N–H and O–H groups in total. The van der Waals surface area contributed by atoms with Crippen LogP contribution in [0.1, 0.15) is 10.4 Å². The molecule has 2 nitrogen and oxygen atoms in total. The number of benzene rings is 2. The monoisotopic (exact) mass is 274 g/mol. The average molecular weight is 275 g/mol. The van der Waals surface area contributed by atoms with Crippen LogP contribution in [-0.2, 0) is 0 Å². The lowest BCUT2D eigenvalue weighted by molar-refractivity contribution is 0.102. The van der Waals surface area contributed by atoms with E-state index < -0.39 is 0 Å². The normalized spacial score (nSPS) is 9.81. The second-order valence-corrected chi connectivity index (χ2v) is 4.15. The van der Waals surface area contributed by atoms with Gasteiger partial charge in [0.25, 0.3) is 5.91 Å². The molecule has 2 aromatic rings. The predicted octanol–water partition coefficient (Wildman–Crippen LogP) is 3.50. The van der Waals surface area contributed by atoms with Gasteiger partial charge in [-0.2, -0.15) is 0 Å². The van der Waals surface area contributed by atoms with Crippen molar-refractivity contribution >= 4 is 27.5 Å². The summed E-state index contributed by atoms with van der Waals surface area (Å²) in [5, 5.41) is 2.79. The van der Waals surface area contributed by atoms with Gasteiger partial charge >= 0.3 is 0 Å². The summed E-state index contributed by atoms with van der Waals surface area (Å²) in [6, 6.07) is 17.4. The third kappa shape index (κ3) is 2.70. The molecule has 2 rings (SSSR count). The zero-order valence-corrected chi connectivity index (χ0v) is 9.99. The van der Waals surface area contributed by atoms with E-state index in [2.05, 4.69) is 27.3 Å². The quantitative estimate of drug-likeness (QED) is 0.892. The van der Waals surface area contributed by atoms with Crippen molar-refractivity contribution < 1.29 is 4.79 Å². The number of anilines is 1. The standard InChI is InChI=1S/C13H9BrNO/c14-11-6-8-12(9-7-11)15-13(16)10-4-2-1-3-5-10/h1-4,6-9H,(H,15,16). The molecule has 0 aliphatic carbocycles. The fourth-order valence-electron chi connectivity index (χ4n) is 1.27. The summed E-state index contributed by atoms with van der Waals surface area (Å²) in [7, 11) is 0. The van der Waals surface area contributed by atoms with Crippen molar-refractivity contribution in [2.24, 2.45) is 0 Å². The molecular formula is C13H9BrNO. The molecule has 0 aliphatic heterocycles. The molecule has 0 saturated heterocycles. The lowest BCUT2D eigenvalue weighted by atomic mass is 10.2. The Bertz CT molecular complexity index is 479. The molecule has 2 aromatic carbocycles. The predicted molar refractivity (Wildman–Crippen MR) is 67.4 cm³/mol. The Morgan fingerprint density at radius 3 is 2.50 bits per heavy atom. The topological polar surface area (TPSA) is 29.1 Å². The van der Waals surface area contributed by atoms with Crippen molar-refractivity contribution in [2.75, 3.05) is 5.32 Å². The highest BCUT2D eigenvalue weighted by molar-refractivity contribution is 9.10. The van der Waals surface area contributed by atoms with Crippen LogP contribution in [0, 0.1) is 6.07 Å². The van der Waals surface area contributed by atoms with E-state index in [1.807, 2.05) is 36.4 Å². The molecule has 1 radical (unpaired) electrons. The van der Waals surface area contributed by atoms with E-state index in [-0.39, 0.29) is 5.91 Å². The third-order valence-electron chi connectivity index (χ3n) is 2.06. The summed E-state index contributed by atoms with van der Waals surface area (Å²) in [6.07, 6.45) is 0. The molecule has 0 aromatic heterocycles. The Hall–Kier alpha value is -1.61. The minimum Gasteiger partial charge on any atom is -0.322 e. The van der Waals surface area contributed by atoms with E-state index in [1.165, 1.54) is 0 Å². The lowest BCUT2D eigenvalue weighted by Crippen LogP contribution is -2.11. The van der Waals surface area contributed by atoms with Gasteiger partial charge in [0.1, 0.15) is 0 Å². The first-order valence-electron chi connectivity index (χ1n) is 4.79. The molecular weight excluding hydrogens is 266 g/mol. The molecule has 16 heavy (non-hydrogen) atoms. The van der Waals surface area contributed by atoms with E-state index in [4.69, 9.17) is 0 Å². The number of halogens is 1.